The first-order valence-electron chi connectivity index (χ1n) is 10.1. The van der Waals surface area contributed by atoms with E-state index < -0.39 is 35.4 Å². The van der Waals surface area contributed by atoms with E-state index in [1.54, 1.807) is 0 Å². The molecule has 0 radical (unpaired) electrons. The molecule has 0 aromatic carbocycles. The van der Waals surface area contributed by atoms with E-state index in [1.165, 1.54) is 0 Å². The fourth-order valence-corrected chi connectivity index (χ4v) is 3.96. The van der Waals surface area contributed by atoms with Crippen molar-refractivity contribution in [3.8, 4) is 0 Å². The predicted octanol–water partition coefficient (Wildman–Crippen LogP) is 2.74. The lowest BCUT2D eigenvalue weighted by Gasteiger charge is -2.37. The number of hydrogen-bond acceptors (Lipinski definition) is 5. The average Bonchev–Trinajstić information content (AvgIpc) is 2.69. The van der Waals surface area contributed by atoms with Gasteiger partial charge in [-0.05, 0) is 37.0 Å². The second kappa shape index (κ2) is 9.43. The van der Waals surface area contributed by atoms with Gasteiger partial charge in [-0.2, -0.15) is 0 Å². The number of hydrogen-bond donors (Lipinski definition) is 3. The van der Waals surface area contributed by atoms with Crippen molar-refractivity contribution < 1.29 is 24.9 Å². The van der Waals surface area contributed by atoms with Crippen LogP contribution >= 0.6 is 0 Å². The highest BCUT2D eigenvalue weighted by Crippen LogP contribution is 2.44. The van der Waals surface area contributed by atoms with Crippen molar-refractivity contribution in [2.75, 3.05) is 0 Å². The molecule has 0 bridgehead atoms. The van der Waals surface area contributed by atoms with E-state index >= 15 is 0 Å². The summed E-state index contributed by atoms with van der Waals surface area (Å²) >= 11 is 0. The van der Waals surface area contributed by atoms with E-state index in [0.717, 1.165) is 0 Å². The van der Waals surface area contributed by atoms with Gasteiger partial charge < -0.3 is 15.3 Å². The van der Waals surface area contributed by atoms with Crippen LogP contribution < -0.4 is 0 Å². The van der Waals surface area contributed by atoms with Gasteiger partial charge in [0.2, 0.25) is 0 Å². The molecule has 0 aromatic rings. The zero-order valence-corrected chi connectivity index (χ0v) is 17.2. The molecular weight excluding hydrogens is 332 g/mol. The molecule has 1 fully saturated rings. The summed E-state index contributed by atoms with van der Waals surface area (Å²) < 4.78 is 0. The Kier molecular flexibility index (Phi) is 8.43. The Morgan fingerprint density at radius 2 is 1.54 bits per heavy atom. The molecule has 5 heteroatoms. The lowest BCUT2D eigenvalue weighted by molar-refractivity contribution is -0.167. The highest BCUT2D eigenvalue weighted by Gasteiger charge is 2.63. The monoisotopic (exact) mass is 370 g/mol. The lowest BCUT2D eigenvalue weighted by Crippen LogP contribution is -2.55. The van der Waals surface area contributed by atoms with Gasteiger partial charge >= 0.3 is 0 Å². The Morgan fingerprint density at radius 1 is 1.00 bits per heavy atom. The lowest BCUT2D eigenvalue weighted by atomic mass is 9.78. The van der Waals surface area contributed by atoms with Crippen LogP contribution in [0.5, 0.6) is 0 Å². The highest BCUT2D eigenvalue weighted by atomic mass is 16.4. The van der Waals surface area contributed by atoms with Crippen molar-refractivity contribution in [2.45, 2.75) is 91.5 Å². The Bertz CT molecular complexity index is 485. The Balaban J connectivity index is 3.15. The second-order valence-electron chi connectivity index (χ2n) is 9.29. The van der Waals surface area contributed by atoms with Crippen molar-refractivity contribution in [1.82, 2.24) is 0 Å². The molecule has 5 atom stereocenters. The minimum Gasteiger partial charge on any atom is -0.390 e. The maximum Gasteiger partial charge on any atom is 0.152 e. The van der Waals surface area contributed by atoms with Crippen LogP contribution in [0.4, 0.5) is 0 Å². The first-order chi connectivity index (χ1) is 11.9. The number of carbonyl (C=O) groups excluding carboxylic acids is 2. The molecular formula is C21H38O5. The number of ketones is 2. The van der Waals surface area contributed by atoms with E-state index in [1.807, 2.05) is 41.5 Å². The second-order valence-corrected chi connectivity index (χ2v) is 9.29. The first-order valence-corrected chi connectivity index (χ1v) is 10.1. The summed E-state index contributed by atoms with van der Waals surface area (Å²) in [7, 11) is 0. The van der Waals surface area contributed by atoms with E-state index in [0.29, 0.717) is 37.5 Å². The van der Waals surface area contributed by atoms with Gasteiger partial charge in [-0.3, -0.25) is 9.59 Å². The van der Waals surface area contributed by atoms with Gasteiger partial charge in [0.15, 0.2) is 5.78 Å². The number of Topliss-reactive ketones (excluding diaryl/α,β-unsaturated/α-hetero) is 2. The van der Waals surface area contributed by atoms with Crippen molar-refractivity contribution in [1.29, 1.82) is 0 Å². The van der Waals surface area contributed by atoms with Crippen LogP contribution in [-0.4, -0.2) is 44.7 Å². The molecule has 1 aliphatic carbocycles. The van der Waals surface area contributed by atoms with Crippen molar-refractivity contribution in [3.05, 3.63) is 0 Å². The number of aliphatic hydroxyl groups excluding tert-OH is 2. The first kappa shape index (κ1) is 23.3. The molecule has 1 unspecified atom stereocenters. The van der Waals surface area contributed by atoms with E-state index in [4.69, 9.17) is 0 Å². The Hall–Kier alpha value is -0.780. The largest absolute Gasteiger partial charge is 0.390 e. The van der Waals surface area contributed by atoms with Crippen LogP contribution in [0, 0.1) is 29.6 Å². The third-order valence-corrected chi connectivity index (χ3v) is 5.54. The minimum absolute atomic E-state index is 0.0659. The molecule has 5 nitrogen and oxygen atoms in total. The average molecular weight is 371 g/mol. The molecule has 1 saturated carbocycles. The molecule has 3 N–H and O–H groups in total. The number of rotatable bonds is 10. The summed E-state index contributed by atoms with van der Waals surface area (Å²) in [4.78, 5) is 25.5. The summed E-state index contributed by atoms with van der Waals surface area (Å²) in [5.74, 6) is -2.15. The summed E-state index contributed by atoms with van der Waals surface area (Å²) in [6, 6.07) is 0. The fourth-order valence-electron chi connectivity index (χ4n) is 3.96. The summed E-state index contributed by atoms with van der Waals surface area (Å²) in [6.45, 7) is 11.8. The molecule has 0 amide bonds. The molecule has 152 valence electrons. The van der Waals surface area contributed by atoms with Crippen molar-refractivity contribution in [2.24, 2.45) is 29.6 Å². The van der Waals surface area contributed by atoms with E-state index in [9.17, 15) is 24.9 Å². The van der Waals surface area contributed by atoms with Crippen LogP contribution in [0.15, 0.2) is 0 Å². The van der Waals surface area contributed by atoms with Gasteiger partial charge in [-0.1, -0.05) is 48.0 Å². The van der Waals surface area contributed by atoms with Crippen LogP contribution in [-0.2, 0) is 9.59 Å². The fraction of sp³-hybridized carbons (Fsp3) is 0.905. The molecule has 0 aromatic heterocycles. The van der Waals surface area contributed by atoms with Gasteiger partial charge in [-0.25, -0.2) is 0 Å². The van der Waals surface area contributed by atoms with Gasteiger partial charge in [0.1, 0.15) is 23.4 Å². The van der Waals surface area contributed by atoms with Crippen LogP contribution in [0.1, 0.15) is 73.6 Å². The smallest absolute Gasteiger partial charge is 0.152 e. The van der Waals surface area contributed by atoms with Gasteiger partial charge in [-0.15, -0.1) is 0 Å². The topological polar surface area (TPSA) is 94.8 Å². The van der Waals surface area contributed by atoms with Gasteiger partial charge in [0, 0.05) is 6.42 Å². The molecule has 1 aliphatic rings. The minimum atomic E-state index is -1.95. The quantitative estimate of drug-likeness (QED) is 0.514. The summed E-state index contributed by atoms with van der Waals surface area (Å²) in [5.41, 5.74) is -1.95. The van der Waals surface area contributed by atoms with E-state index in [-0.39, 0.29) is 18.1 Å². The maximum absolute atomic E-state index is 13.0. The highest BCUT2D eigenvalue weighted by molar-refractivity contribution is 6.06. The van der Waals surface area contributed by atoms with E-state index in [2.05, 4.69) is 0 Å². The maximum atomic E-state index is 13.0. The number of aliphatic hydroxyl groups is 3. The standard InChI is InChI=1S/C21H38O5/c1-12(2)7-9-15-19(24)18(16(22)11-14(5)6)20(25)21(15,26)17(23)10-8-13(3)4/h12-15,17-18,20,23,25-26H,7-11H2,1-6H3/t15-,17+,18?,20-,21-/m1/s1. The molecule has 26 heavy (non-hydrogen) atoms. The summed E-state index contributed by atoms with van der Waals surface area (Å²) in [6.07, 6.45) is -0.559. The Labute approximate surface area is 158 Å². The van der Waals surface area contributed by atoms with Crippen LogP contribution in [0.3, 0.4) is 0 Å². The van der Waals surface area contributed by atoms with Gasteiger partial charge in [0.25, 0.3) is 0 Å². The third kappa shape index (κ3) is 5.14. The summed E-state index contributed by atoms with van der Waals surface area (Å²) in [5, 5.41) is 32.7. The van der Waals surface area contributed by atoms with Crippen molar-refractivity contribution >= 4 is 11.6 Å². The van der Waals surface area contributed by atoms with Crippen LogP contribution in [0.25, 0.3) is 0 Å². The Morgan fingerprint density at radius 3 is 2.00 bits per heavy atom. The number of carbonyl (C=O) groups is 2. The molecule has 0 aliphatic heterocycles. The zero-order valence-electron chi connectivity index (χ0n) is 17.2. The van der Waals surface area contributed by atoms with Crippen LogP contribution in [0.2, 0.25) is 0 Å². The SMILES string of the molecule is CC(C)CC[C@@H]1C(=O)C(C(=O)CC(C)C)[C@@H](O)[C@]1(O)[C@@H](O)CCC(C)C. The molecule has 0 heterocycles. The normalized spacial score (nSPS) is 30.6. The molecule has 1 rings (SSSR count). The van der Waals surface area contributed by atoms with Crippen molar-refractivity contribution in [3.63, 3.8) is 0 Å². The predicted molar refractivity (Wildman–Crippen MR) is 102 cm³/mol. The zero-order chi connectivity index (χ0) is 20.2. The molecule has 0 saturated heterocycles. The third-order valence-electron chi connectivity index (χ3n) is 5.54. The molecule has 0 spiro atoms. The van der Waals surface area contributed by atoms with Gasteiger partial charge in [0.05, 0.1) is 12.0 Å².